The van der Waals surface area contributed by atoms with Crippen molar-refractivity contribution in [3.8, 4) is 0 Å². The summed E-state index contributed by atoms with van der Waals surface area (Å²) in [4.78, 5) is 20.5. The standard InChI is InChI=1S/C17H19N3OS/c1-11-15(16(21)18-12-7-3-2-4-8-12)22-17-19-13-9-5-6-10-14(13)20(11)17/h2-4,7-8,13-14H,5-6,9-10H2,1H3,(H,18,21)/t13-,14+/m0/s1. The summed E-state index contributed by atoms with van der Waals surface area (Å²) in [6, 6.07) is 10.5. The number of hydrogen-bond donors (Lipinski definition) is 1. The number of carbonyl (C=O) groups excluding carboxylic acids is 1. The van der Waals surface area contributed by atoms with Crippen molar-refractivity contribution in [3.05, 3.63) is 40.9 Å². The van der Waals surface area contributed by atoms with E-state index in [1.807, 2.05) is 37.3 Å². The maximum Gasteiger partial charge on any atom is 0.264 e. The number of fused-ring (bicyclic) bond motifs is 3. The van der Waals surface area contributed by atoms with Gasteiger partial charge in [-0.3, -0.25) is 9.79 Å². The maximum atomic E-state index is 12.5. The molecule has 22 heavy (non-hydrogen) atoms. The van der Waals surface area contributed by atoms with Crippen LogP contribution >= 0.6 is 11.8 Å². The Morgan fingerprint density at radius 3 is 2.86 bits per heavy atom. The number of carbonyl (C=O) groups is 1. The Balaban J connectivity index is 1.55. The largest absolute Gasteiger partial charge is 0.321 e. The molecule has 0 spiro atoms. The van der Waals surface area contributed by atoms with Crippen LogP contribution in [0, 0.1) is 0 Å². The topological polar surface area (TPSA) is 44.7 Å². The third-order valence-electron chi connectivity index (χ3n) is 4.63. The molecule has 0 unspecified atom stereocenters. The highest BCUT2D eigenvalue weighted by Crippen LogP contribution is 2.44. The molecule has 2 atom stereocenters. The zero-order valence-corrected chi connectivity index (χ0v) is 13.4. The summed E-state index contributed by atoms with van der Waals surface area (Å²) in [5, 5.41) is 4.00. The lowest BCUT2D eigenvalue weighted by Crippen LogP contribution is -2.38. The molecule has 0 radical (unpaired) electrons. The second-order valence-corrected chi connectivity index (χ2v) is 7.02. The van der Waals surface area contributed by atoms with Crippen LogP contribution in [0.15, 0.2) is 45.9 Å². The lowest BCUT2D eigenvalue weighted by molar-refractivity contribution is -0.112. The van der Waals surface area contributed by atoms with E-state index in [0.717, 1.165) is 21.5 Å². The molecule has 4 rings (SSSR count). The Morgan fingerprint density at radius 1 is 1.27 bits per heavy atom. The second-order valence-electron chi connectivity index (χ2n) is 6.04. The maximum absolute atomic E-state index is 12.5. The molecule has 2 aliphatic heterocycles. The van der Waals surface area contributed by atoms with E-state index in [2.05, 4.69) is 10.2 Å². The van der Waals surface area contributed by atoms with Crippen molar-refractivity contribution < 1.29 is 4.79 Å². The van der Waals surface area contributed by atoms with Gasteiger partial charge in [0, 0.05) is 11.4 Å². The van der Waals surface area contributed by atoms with Crippen LogP contribution in [-0.4, -0.2) is 28.1 Å². The number of hydrogen-bond acceptors (Lipinski definition) is 4. The van der Waals surface area contributed by atoms with Crippen LogP contribution in [0.5, 0.6) is 0 Å². The molecule has 114 valence electrons. The van der Waals surface area contributed by atoms with Crippen LogP contribution in [0.3, 0.4) is 0 Å². The first-order valence-electron chi connectivity index (χ1n) is 7.86. The summed E-state index contributed by atoms with van der Waals surface area (Å²) >= 11 is 1.53. The molecule has 1 amide bonds. The first-order valence-corrected chi connectivity index (χ1v) is 8.68. The third-order valence-corrected chi connectivity index (χ3v) is 5.80. The minimum atomic E-state index is -0.0295. The average Bonchev–Trinajstić information content (AvgIpc) is 3.05. The van der Waals surface area contributed by atoms with Gasteiger partial charge in [0.15, 0.2) is 5.17 Å². The fourth-order valence-electron chi connectivity index (χ4n) is 3.55. The van der Waals surface area contributed by atoms with Crippen LogP contribution < -0.4 is 5.32 Å². The molecule has 1 fully saturated rings. The van der Waals surface area contributed by atoms with E-state index in [9.17, 15) is 4.79 Å². The van der Waals surface area contributed by atoms with Crippen LogP contribution in [-0.2, 0) is 4.79 Å². The monoisotopic (exact) mass is 313 g/mol. The van der Waals surface area contributed by atoms with Crippen LogP contribution in [0.2, 0.25) is 0 Å². The number of rotatable bonds is 2. The van der Waals surface area contributed by atoms with Gasteiger partial charge in [0.05, 0.1) is 17.0 Å². The number of nitrogens with one attached hydrogen (secondary N) is 1. The molecule has 1 aromatic rings. The van der Waals surface area contributed by atoms with Crippen LogP contribution in [0.4, 0.5) is 5.69 Å². The molecule has 1 N–H and O–H groups in total. The van der Waals surface area contributed by atoms with E-state index in [0.29, 0.717) is 12.1 Å². The predicted molar refractivity (Wildman–Crippen MR) is 90.7 cm³/mol. The number of amides is 1. The Morgan fingerprint density at radius 2 is 2.05 bits per heavy atom. The number of thioether (sulfide) groups is 1. The smallest absolute Gasteiger partial charge is 0.264 e. The van der Waals surface area contributed by atoms with Crippen molar-refractivity contribution in [1.29, 1.82) is 0 Å². The van der Waals surface area contributed by atoms with E-state index in [1.54, 1.807) is 0 Å². The van der Waals surface area contributed by atoms with Crippen molar-refractivity contribution in [2.24, 2.45) is 4.99 Å². The highest BCUT2D eigenvalue weighted by molar-refractivity contribution is 8.18. The molecule has 0 saturated heterocycles. The number of para-hydroxylation sites is 1. The van der Waals surface area contributed by atoms with Gasteiger partial charge in [-0.15, -0.1) is 0 Å². The summed E-state index contributed by atoms with van der Waals surface area (Å²) in [5.74, 6) is -0.0295. The second kappa shape index (κ2) is 5.47. The highest BCUT2D eigenvalue weighted by atomic mass is 32.2. The van der Waals surface area contributed by atoms with Crippen molar-refractivity contribution in [3.63, 3.8) is 0 Å². The number of anilines is 1. The van der Waals surface area contributed by atoms with E-state index in [1.165, 1.54) is 37.4 Å². The minimum absolute atomic E-state index is 0.0295. The molecular formula is C17H19N3OS. The van der Waals surface area contributed by atoms with Gasteiger partial charge in [-0.05, 0) is 43.7 Å². The van der Waals surface area contributed by atoms with E-state index in [-0.39, 0.29) is 5.91 Å². The predicted octanol–water partition coefficient (Wildman–Crippen LogP) is 3.59. The highest BCUT2D eigenvalue weighted by Gasteiger charge is 2.44. The lowest BCUT2D eigenvalue weighted by Gasteiger charge is -2.31. The van der Waals surface area contributed by atoms with Gasteiger partial charge in [-0.1, -0.05) is 31.0 Å². The third kappa shape index (κ3) is 2.24. The Kier molecular flexibility index (Phi) is 3.45. The Labute approximate surface area is 134 Å². The summed E-state index contributed by atoms with van der Waals surface area (Å²) < 4.78 is 0. The van der Waals surface area contributed by atoms with E-state index >= 15 is 0 Å². The number of nitrogens with zero attached hydrogens (tertiary/aromatic N) is 2. The minimum Gasteiger partial charge on any atom is -0.321 e. The van der Waals surface area contributed by atoms with Gasteiger partial charge in [0.25, 0.3) is 5.91 Å². The molecular weight excluding hydrogens is 294 g/mol. The fraction of sp³-hybridized carbons (Fsp3) is 0.412. The summed E-state index contributed by atoms with van der Waals surface area (Å²) in [6.07, 6.45) is 4.91. The first-order chi connectivity index (χ1) is 10.7. The van der Waals surface area contributed by atoms with Gasteiger partial charge >= 0.3 is 0 Å². The Hall–Kier alpha value is -1.75. The van der Waals surface area contributed by atoms with Crippen molar-refractivity contribution >= 4 is 28.5 Å². The van der Waals surface area contributed by atoms with E-state index < -0.39 is 0 Å². The zero-order chi connectivity index (χ0) is 15.1. The number of allylic oxidation sites excluding steroid dienone is 1. The molecule has 2 heterocycles. The number of aliphatic imine (C=N–C) groups is 1. The normalized spacial score (nSPS) is 26.6. The van der Waals surface area contributed by atoms with Crippen LogP contribution in [0.1, 0.15) is 32.6 Å². The first kappa shape index (κ1) is 13.9. The fourth-order valence-corrected chi connectivity index (χ4v) is 4.68. The van der Waals surface area contributed by atoms with Crippen molar-refractivity contribution in [2.45, 2.75) is 44.7 Å². The molecule has 1 aliphatic carbocycles. The molecule has 0 bridgehead atoms. The average molecular weight is 313 g/mol. The molecule has 4 nitrogen and oxygen atoms in total. The molecule has 0 aromatic heterocycles. The van der Waals surface area contributed by atoms with Crippen molar-refractivity contribution in [1.82, 2.24) is 4.90 Å². The zero-order valence-electron chi connectivity index (χ0n) is 12.6. The van der Waals surface area contributed by atoms with Gasteiger partial charge in [-0.25, -0.2) is 0 Å². The summed E-state index contributed by atoms with van der Waals surface area (Å²) in [7, 11) is 0. The van der Waals surface area contributed by atoms with Crippen molar-refractivity contribution in [2.75, 3.05) is 5.32 Å². The van der Waals surface area contributed by atoms with Gasteiger partial charge in [0.1, 0.15) is 0 Å². The number of benzene rings is 1. The Bertz CT molecular complexity index is 668. The molecule has 1 aromatic carbocycles. The molecule has 1 saturated carbocycles. The van der Waals surface area contributed by atoms with Gasteiger partial charge in [-0.2, -0.15) is 0 Å². The SMILES string of the molecule is CC1=C(C(=O)Nc2ccccc2)SC2=N[C@H]3CCCC[C@H]3N21. The van der Waals surface area contributed by atoms with E-state index in [4.69, 9.17) is 4.99 Å². The van der Waals surface area contributed by atoms with Gasteiger partial charge < -0.3 is 10.2 Å². The summed E-state index contributed by atoms with van der Waals surface area (Å²) in [6.45, 7) is 2.05. The molecule has 5 heteroatoms. The quantitative estimate of drug-likeness (QED) is 0.907. The number of amidine groups is 1. The van der Waals surface area contributed by atoms with Gasteiger partial charge in [0.2, 0.25) is 0 Å². The van der Waals surface area contributed by atoms with Crippen LogP contribution in [0.25, 0.3) is 0 Å². The molecule has 3 aliphatic rings. The lowest BCUT2D eigenvalue weighted by atomic mass is 9.90. The summed E-state index contributed by atoms with van der Waals surface area (Å²) in [5.41, 5.74) is 1.89.